The van der Waals surface area contributed by atoms with Crippen molar-refractivity contribution in [2.45, 2.75) is 25.3 Å². The van der Waals surface area contributed by atoms with Crippen LogP contribution in [0.5, 0.6) is 0 Å². The fourth-order valence-corrected chi connectivity index (χ4v) is 4.25. The molecular formula is C20H22N4O2S. The summed E-state index contributed by atoms with van der Waals surface area (Å²) in [7, 11) is 0. The molecule has 2 aromatic heterocycles. The van der Waals surface area contributed by atoms with E-state index in [0.717, 1.165) is 22.9 Å². The Morgan fingerprint density at radius 3 is 2.85 bits per heavy atom. The first-order chi connectivity index (χ1) is 13.2. The Balaban J connectivity index is 1.46. The molecule has 1 atom stereocenters. The van der Waals surface area contributed by atoms with Crippen molar-refractivity contribution < 1.29 is 9.59 Å². The lowest BCUT2D eigenvalue weighted by Crippen LogP contribution is -2.33. The smallest absolute Gasteiger partial charge is 0.324 e. The van der Waals surface area contributed by atoms with Gasteiger partial charge in [0.15, 0.2) is 0 Å². The largest absolute Gasteiger partial charge is 0.361 e. The van der Waals surface area contributed by atoms with Crippen LogP contribution < -0.4 is 11.1 Å². The maximum Gasteiger partial charge on any atom is 0.324 e. The summed E-state index contributed by atoms with van der Waals surface area (Å²) in [4.78, 5) is 30.7. The zero-order chi connectivity index (χ0) is 18.8. The first-order valence-corrected chi connectivity index (χ1v) is 9.97. The van der Waals surface area contributed by atoms with Gasteiger partial charge in [0, 0.05) is 34.9 Å². The van der Waals surface area contributed by atoms with Gasteiger partial charge in [0.05, 0.1) is 0 Å². The standard InChI is InChI=1S/C20H22N4O2S/c21-7-5-14-12-22-17-4-3-13(10-16(14)17)11-18-19(25)24(20(26)23-18)8-6-15-2-1-9-27-15/h1-4,9-10,12,18,22H,5-8,11,21H2,(H,23,26). The molecule has 0 bridgehead atoms. The molecule has 7 heteroatoms. The highest BCUT2D eigenvalue weighted by Crippen LogP contribution is 2.22. The van der Waals surface area contributed by atoms with Gasteiger partial charge in [0.2, 0.25) is 0 Å². The van der Waals surface area contributed by atoms with E-state index in [9.17, 15) is 9.59 Å². The van der Waals surface area contributed by atoms with Crippen LogP contribution in [0.1, 0.15) is 16.0 Å². The fraction of sp³-hybridized carbons (Fsp3) is 0.300. The Bertz CT molecular complexity index is 964. The van der Waals surface area contributed by atoms with E-state index in [0.29, 0.717) is 25.9 Å². The highest BCUT2D eigenvalue weighted by atomic mass is 32.1. The summed E-state index contributed by atoms with van der Waals surface area (Å²) in [5.74, 6) is -0.145. The molecule has 1 aliphatic rings. The van der Waals surface area contributed by atoms with Crippen molar-refractivity contribution in [3.8, 4) is 0 Å². The third-order valence-corrected chi connectivity index (χ3v) is 5.89. The predicted octanol–water partition coefficient (Wildman–Crippen LogP) is 2.44. The van der Waals surface area contributed by atoms with Gasteiger partial charge in [-0.2, -0.15) is 0 Å². The minimum absolute atomic E-state index is 0.145. The van der Waals surface area contributed by atoms with Gasteiger partial charge in [-0.1, -0.05) is 12.1 Å². The van der Waals surface area contributed by atoms with Gasteiger partial charge in [-0.3, -0.25) is 9.69 Å². The van der Waals surface area contributed by atoms with Crippen LogP contribution in [-0.4, -0.2) is 41.0 Å². The Morgan fingerprint density at radius 2 is 2.07 bits per heavy atom. The minimum atomic E-state index is -0.504. The molecule has 3 amide bonds. The van der Waals surface area contributed by atoms with Crippen LogP contribution in [0.15, 0.2) is 41.9 Å². The molecule has 4 N–H and O–H groups in total. The van der Waals surface area contributed by atoms with E-state index in [1.54, 1.807) is 11.3 Å². The molecule has 1 saturated heterocycles. The van der Waals surface area contributed by atoms with Gasteiger partial charge in [-0.05, 0) is 54.1 Å². The molecule has 0 aliphatic carbocycles. The number of aromatic amines is 1. The molecular weight excluding hydrogens is 360 g/mol. The number of fused-ring (bicyclic) bond motifs is 1. The van der Waals surface area contributed by atoms with Gasteiger partial charge in [-0.25, -0.2) is 4.79 Å². The summed E-state index contributed by atoms with van der Waals surface area (Å²) in [5.41, 5.74) is 8.94. The highest BCUT2D eigenvalue weighted by Gasteiger charge is 2.37. The number of aromatic nitrogens is 1. The number of nitrogens with zero attached hydrogens (tertiary/aromatic N) is 1. The highest BCUT2D eigenvalue weighted by molar-refractivity contribution is 7.09. The quantitative estimate of drug-likeness (QED) is 0.548. The number of amides is 3. The Labute approximate surface area is 161 Å². The number of carbonyl (C=O) groups is 2. The minimum Gasteiger partial charge on any atom is -0.361 e. The van der Waals surface area contributed by atoms with Crippen molar-refractivity contribution in [2.24, 2.45) is 5.73 Å². The van der Waals surface area contributed by atoms with Crippen LogP contribution in [0.2, 0.25) is 0 Å². The second-order valence-corrected chi connectivity index (χ2v) is 7.79. The first-order valence-electron chi connectivity index (χ1n) is 9.09. The van der Waals surface area contributed by atoms with Crippen LogP contribution in [0.25, 0.3) is 10.9 Å². The summed E-state index contributed by atoms with van der Waals surface area (Å²) in [6.07, 6.45) is 3.97. The topological polar surface area (TPSA) is 91.2 Å². The second-order valence-electron chi connectivity index (χ2n) is 6.76. The molecule has 3 heterocycles. The normalized spacial score (nSPS) is 17.1. The summed E-state index contributed by atoms with van der Waals surface area (Å²) < 4.78 is 0. The van der Waals surface area contributed by atoms with E-state index in [4.69, 9.17) is 5.73 Å². The summed E-state index contributed by atoms with van der Waals surface area (Å²) in [6.45, 7) is 1.01. The Kier molecular flexibility index (Phi) is 4.96. The van der Waals surface area contributed by atoms with Crippen LogP contribution in [0, 0.1) is 0 Å². The Hall–Kier alpha value is -2.64. The molecule has 1 fully saturated rings. The number of imide groups is 1. The third kappa shape index (κ3) is 3.61. The maximum atomic E-state index is 12.7. The SMILES string of the molecule is NCCc1c[nH]c2ccc(CC3NC(=O)N(CCc4cccs4)C3=O)cc12. The maximum absolute atomic E-state index is 12.7. The number of carbonyl (C=O) groups excluding carboxylic acids is 2. The number of hydrogen-bond donors (Lipinski definition) is 3. The van der Waals surface area contributed by atoms with Gasteiger partial charge in [-0.15, -0.1) is 11.3 Å². The average Bonchev–Trinajstić information content (AvgIpc) is 3.36. The number of benzene rings is 1. The zero-order valence-corrected chi connectivity index (χ0v) is 15.7. The molecule has 1 unspecified atom stereocenters. The third-order valence-electron chi connectivity index (χ3n) is 4.95. The fourth-order valence-electron chi connectivity index (χ4n) is 3.55. The van der Waals surface area contributed by atoms with Crippen molar-refractivity contribution in [3.05, 3.63) is 57.9 Å². The zero-order valence-electron chi connectivity index (χ0n) is 14.9. The van der Waals surface area contributed by atoms with Crippen molar-refractivity contribution >= 4 is 34.2 Å². The van der Waals surface area contributed by atoms with E-state index in [1.807, 2.05) is 35.8 Å². The molecule has 0 spiro atoms. The molecule has 6 nitrogen and oxygen atoms in total. The Morgan fingerprint density at radius 1 is 1.19 bits per heavy atom. The number of hydrogen-bond acceptors (Lipinski definition) is 4. The van der Waals surface area contributed by atoms with E-state index >= 15 is 0 Å². The molecule has 0 radical (unpaired) electrons. The van der Waals surface area contributed by atoms with Gasteiger partial charge in [0.25, 0.3) is 5.91 Å². The van der Waals surface area contributed by atoms with Crippen LogP contribution in [0.3, 0.4) is 0 Å². The van der Waals surface area contributed by atoms with Crippen molar-refractivity contribution in [2.75, 3.05) is 13.1 Å². The number of nitrogens with two attached hydrogens (primary N) is 1. The number of urea groups is 1. The average molecular weight is 382 g/mol. The molecule has 1 aliphatic heterocycles. The van der Waals surface area contributed by atoms with Gasteiger partial charge >= 0.3 is 6.03 Å². The van der Waals surface area contributed by atoms with E-state index in [1.165, 1.54) is 15.3 Å². The molecule has 140 valence electrons. The number of H-pyrrole nitrogens is 1. The lowest BCUT2D eigenvalue weighted by Gasteiger charge is -2.12. The van der Waals surface area contributed by atoms with E-state index in [-0.39, 0.29) is 11.9 Å². The predicted molar refractivity (Wildman–Crippen MR) is 107 cm³/mol. The lowest BCUT2D eigenvalue weighted by atomic mass is 10.0. The molecule has 4 rings (SSSR count). The van der Waals surface area contributed by atoms with Crippen molar-refractivity contribution in [3.63, 3.8) is 0 Å². The van der Waals surface area contributed by atoms with Crippen LogP contribution in [0.4, 0.5) is 4.79 Å². The molecule has 0 saturated carbocycles. The summed E-state index contributed by atoms with van der Waals surface area (Å²) >= 11 is 1.64. The molecule has 3 aromatic rings. The summed E-state index contributed by atoms with van der Waals surface area (Å²) in [5, 5.41) is 5.96. The van der Waals surface area contributed by atoms with Crippen LogP contribution >= 0.6 is 11.3 Å². The number of rotatable bonds is 7. The van der Waals surface area contributed by atoms with Gasteiger partial charge in [0.1, 0.15) is 6.04 Å². The second kappa shape index (κ2) is 7.54. The van der Waals surface area contributed by atoms with Crippen molar-refractivity contribution in [1.29, 1.82) is 0 Å². The van der Waals surface area contributed by atoms with Crippen LogP contribution in [-0.2, 0) is 24.1 Å². The molecule has 27 heavy (non-hydrogen) atoms. The van der Waals surface area contributed by atoms with Gasteiger partial charge < -0.3 is 16.0 Å². The number of thiophene rings is 1. The monoisotopic (exact) mass is 382 g/mol. The summed E-state index contributed by atoms with van der Waals surface area (Å²) in [6, 6.07) is 9.29. The van der Waals surface area contributed by atoms with E-state index < -0.39 is 6.04 Å². The molecule has 1 aromatic carbocycles. The van der Waals surface area contributed by atoms with Crippen molar-refractivity contribution in [1.82, 2.24) is 15.2 Å². The van der Waals surface area contributed by atoms with E-state index in [2.05, 4.69) is 16.4 Å². The first kappa shape index (κ1) is 17.8. The lowest BCUT2D eigenvalue weighted by molar-refractivity contribution is -0.127. The number of nitrogens with one attached hydrogen (secondary N) is 2.